The van der Waals surface area contributed by atoms with Gasteiger partial charge in [0.15, 0.2) is 0 Å². The van der Waals surface area contributed by atoms with Crippen molar-refractivity contribution in [1.82, 2.24) is 0 Å². The maximum atomic E-state index is 11.9. The van der Waals surface area contributed by atoms with Crippen molar-refractivity contribution < 1.29 is 4.79 Å². The average Bonchev–Trinajstić information content (AvgIpc) is 2.66. The summed E-state index contributed by atoms with van der Waals surface area (Å²) in [6.07, 6.45) is 1.50. The predicted octanol–water partition coefficient (Wildman–Crippen LogP) is 2.07. The van der Waals surface area contributed by atoms with E-state index in [9.17, 15) is 4.79 Å². The first-order valence-corrected chi connectivity index (χ1v) is 6.14. The van der Waals surface area contributed by atoms with Gasteiger partial charge in [-0.2, -0.15) is 0 Å². The standard InChI is InChI=1S/C14H20N2O/c1-9-6-13(7-10(2)11(9)3)16-12(8-15)4-5-14(16)17/h6-7,12H,4-5,8,15H2,1-3H3/t12-/m1/s1. The van der Waals surface area contributed by atoms with Gasteiger partial charge < -0.3 is 10.6 Å². The third-order valence-corrected chi connectivity index (χ3v) is 3.79. The molecule has 0 spiro atoms. The Hall–Kier alpha value is -1.35. The van der Waals surface area contributed by atoms with Gasteiger partial charge in [-0.15, -0.1) is 0 Å². The first-order valence-electron chi connectivity index (χ1n) is 6.14. The summed E-state index contributed by atoms with van der Waals surface area (Å²) >= 11 is 0. The van der Waals surface area contributed by atoms with Crippen molar-refractivity contribution in [1.29, 1.82) is 0 Å². The van der Waals surface area contributed by atoms with Crippen LogP contribution >= 0.6 is 0 Å². The van der Waals surface area contributed by atoms with Crippen LogP contribution in [0.15, 0.2) is 12.1 Å². The Morgan fingerprint density at radius 1 is 1.29 bits per heavy atom. The monoisotopic (exact) mass is 232 g/mol. The van der Waals surface area contributed by atoms with Gasteiger partial charge in [-0.05, 0) is 56.0 Å². The molecule has 1 atom stereocenters. The number of carbonyl (C=O) groups is 1. The molecule has 1 heterocycles. The van der Waals surface area contributed by atoms with Gasteiger partial charge in [0.2, 0.25) is 5.91 Å². The summed E-state index contributed by atoms with van der Waals surface area (Å²) in [6, 6.07) is 4.35. The lowest BCUT2D eigenvalue weighted by Gasteiger charge is -2.25. The molecule has 3 nitrogen and oxygen atoms in total. The van der Waals surface area contributed by atoms with Crippen LogP contribution in [0.3, 0.4) is 0 Å². The number of rotatable bonds is 2. The van der Waals surface area contributed by atoms with Crippen LogP contribution in [0, 0.1) is 20.8 Å². The van der Waals surface area contributed by atoms with E-state index in [-0.39, 0.29) is 11.9 Å². The lowest BCUT2D eigenvalue weighted by Crippen LogP contribution is -2.38. The molecule has 3 heteroatoms. The van der Waals surface area contributed by atoms with E-state index in [1.807, 2.05) is 4.90 Å². The molecular formula is C14H20N2O. The number of carbonyl (C=O) groups excluding carboxylic acids is 1. The molecule has 1 aliphatic rings. The van der Waals surface area contributed by atoms with Gasteiger partial charge >= 0.3 is 0 Å². The first kappa shape index (κ1) is 12.1. The zero-order valence-corrected chi connectivity index (χ0v) is 10.8. The number of amides is 1. The Morgan fingerprint density at radius 2 is 1.88 bits per heavy atom. The Kier molecular flexibility index (Phi) is 3.20. The van der Waals surface area contributed by atoms with Gasteiger partial charge in [0.05, 0.1) is 0 Å². The lowest BCUT2D eigenvalue weighted by atomic mass is 10.0. The van der Waals surface area contributed by atoms with Crippen LogP contribution < -0.4 is 10.6 Å². The summed E-state index contributed by atoms with van der Waals surface area (Å²) < 4.78 is 0. The van der Waals surface area contributed by atoms with Crippen molar-refractivity contribution in [3.05, 3.63) is 28.8 Å². The van der Waals surface area contributed by atoms with E-state index in [0.29, 0.717) is 13.0 Å². The number of anilines is 1. The van der Waals surface area contributed by atoms with Crippen LogP contribution in [0.1, 0.15) is 29.5 Å². The van der Waals surface area contributed by atoms with Crippen molar-refractivity contribution in [2.75, 3.05) is 11.4 Å². The Bertz CT molecular complexity index is 431. The van der Waals surface area contributed by atoms with Gasteiger partial charge in [-0.3, -0.25) is 4.79 Å². The minimum Gasteiger partial charge on any atom is -0.328 e. The second kappa shape index (κ2) is 4.49. The average molecular weight is 232 g/mol. The van der Waals surface area contributed by atoms with Crippen LogP contribution in [-0.4, -0.2) is 18.5 Å². The zero-order chi connectivity index (χ0) is 12.6. The highest BCUT2D eigenvalue weighted by Gasteiger charge is 2.31. The fourth-order valence-electron chi connectivity index (χ4n) is 2.47. The van der Waals surface area contributed by atoms with Crippen LogP contribution in [0.4, 0.5) is 5.69 Å². The van der Waals surface area contributed by atoms with E-state index in [1.165, 1.54) is 16.7 Å². The molecule has 0 radical (unpaired) electrons. The van der Waals surface area contributed by atoms with E-state index >= 15 is 0 Å². The summed E-state index contributed by atoms with van der Waals surface area (Å²) in [4.78, 5) is 13.8. The topological polar surface area (TPSA) is 46.3 Å². The van der Waals surface area contributed by atoms with Crippen molar-refractivity contribution >= 4 is 11.6 Å². The summed E-state index contributed by atoms with van der Waals surface area (Å²) in [5.74, 6) is 0.197. The van der Waals surface area contributed by atoms with Gasteiger partial charge in [-0.1, -0.05) is 0 Å². The van der Waals surface area contributed by atoms with Crippen LogP contribution in [0.2, 0.25) is 0 Å². The Balaban J connectivity index is 2.42. The molecule has 1 aromatic carbocycles. The molecule has 1 fully saturated rings. The third kappa shape index (κ3) is 2.07. The molecular weight excluding hydrogens is 212 g/mol. The molecule has 0 aromatic heterocycles. The van der Waals surface area contributed by atoms with E-state index in [4.69, 9.17) is 5.73 Å². The quantitative estimate of drug-likeness (QED) is 0.848. The smallest absolute Gasteiger partial charge is 0.227 e. The van der Waals surface area contributed by atoms with E-state index < -0.39 is 0 Å². The van der Waals surface area contributed by atoms with Crippen molar-refractivity contribution in [3.8, 4) is 0 Å². The molecule has 0 saturated carbocycles. The predicted molar refractivity (Wildman–Crippen MR) is 70.2 cm³/mol. The molecule has 2 rings (SSSR count). The molecule has 1 amide bonds. The van der Waals surface area contributed by atoms with Gasteiger partial charge in [0.25, 0.3) is 0 Å². The molecule has 2 N–H and O–H groups in total. The first-order chi connectivity index (χ1) is 8.04. The van der Waals surface area contributed by atoms with Crippen LogP contribution in [0.5, 0.6) is 0 Å². The minimum atomic E-state index is 0.170. The number of hydrogen-bond donors (Lipinski definition) is 1. The van der Waals surface area contributed by atoms with Crippen molar-refractivity contribution in [2.24, 2.45) is 5.73 Å². The summed E-state index contributed by atoms with van der Waals surface area (Å²) in [5.41, 5.74) is 10.5. The Morgan fingerprint density at radius 3 is 2.41 bits per heavy atom. The molecule has 0 unspecified atom stereocenters. The second-order valence-corrected chi connectivity index (χ2v) is 4.90. The number of hydrogen-bond acceptors (Lipinski definition) is 2. The Labute approximate surface area is 103 Å². The van der Waals surface area contributed by atoms with Gasteiger partial charge in [0, 0.05) is 24.7 Å². The highest BCUT2D eigenvalue weighted by Crippen LogP contribution is 2.29. The SMILES string of the molecule is Cc1cc(N2C(=O)CC[C@@H]2CN)cc(C)c1C. The molecule has 17 heavy (non-hydrogen) atoms. The van der Waals surface area contributed by atoms with Gasteiger partial charge in [0.1, 0.15) is 0 Å². The van der Waals surface area contributed by atoms with Crippen molar-refractivity contribution in [3.63, 3.8) is 0 Å². The number of aryl methyl sites for hydroxylation is 2. The highest BCUT2D eigenvalue weighted by molar-refractivity contribution is 5.96. The summed E-state index contributed by atoms with van der Waals surface area (Å²) in [7, 11) is 0. The normalized spacial score (nSPS) is 20.1. The number of nitrogens with two attached hydrogens (primary N) is 1. The summed E-state index contributed by atoms with van der Waals surface area (Å²) in [5, 5.41) is 0. The maximum Gasteiger partial charge on any atom is 0.227 e. The second-order valence-electron chi connectivity index (χ2n) is 4.90. The highest BCUT2D eigenvalue weighted by atomic mass is 16.2. The third-order valence-electron chi connectivity index (χ3n) is 3.79. The fraction of sp³-hybridized carbons (Fsp3) is 0.500. The zero-order valence-electron chi connectivity index (χ0n) is 10.8. The number of nitrogens with zero attached hydrogens (tertiary/aromatic N) is 1. The molecule has 1 aromatic rings. The number of benzene rings is 1. The van der Waals surface area contributed by atoms with Crippen LogP contribution in [0.25, 0.3) is 0 Å². The molecule has 1 aliphatic heterocycles. The van der Waals surface area contributed by atoms with Crippen molar-refractivity contribution in [2.45, 2.75) is 39.7 Å². The van der Waals surface area contributed by atoms with E-state index in [2.05, 4.69) is 32.9 Å². The van der Waals surface area contributed by atoms with E-state index in [1.54, 1.807) is 0 Å². The minimum absolute atomic E-state index is 0.170. The molecule has 0 bridgehead atoms. The fourth-order valence-corrected chi connectivity index (χ4v) is 2.47. The molecule has 0 aliphatic carbocycles. The summed E-state index contributed by atoms with van der Waals surface area (Å²) in [6.45, 7) is 6.83. The maximum absolute atomic E-state index is 11.9. The largest absolute Gasteiger partial charge is 0.328 e. The van der Waals surface area contributed by atoms with Gasteiger partial charge in [-0.25, -0.2) is 0 Å². The molecule has 92 valence electrons. The van der Waals surface area contributed by atoms with Crippen LogP contribution in [-0.2, 0) is 4.79 Å². The lowest BCUT2D eigenvalue weighted by molar-refractivity contribution is -0.117. The molecule has 1 saturated heterocycles. The van der Waals surface area contributed by atoms with E-state index in [0.717, 1.165) is 12.1 Å².